The van der Waals surface area contributed by atoms with Gasteiger partial charge in [-0.05, 0) is 48.9 Å². The summed E-state index contributed by atoms with van der Waals surface area (Å²) in [5.41, 5.74) is 2.28. The summed E-state index contributed by atoms with van der Waals surface area (Å²) in [5, 5.41) is 12.2. The maximum Gasteiger partial charge on any atom is 0.335 e. The summed E-state index contributed by atoms with van der Waals surface area (Å²) in [5.74, 6) is -0.219. The third-order valence-corrected chi connectivity index (χ3v) is 3.74. The van der Waals surface area contributed by atoms with Crippen molar-refractivity contribution in [3.63, 3.8) is 0 Å². The van der Waals surface area contributed by atoms with Crippen LogP contribution in [0.5, 0.6) is 0 Å². The molecule has 0 unspecified atom stereocenters. The van der Waals surface area contributed by atoms with Gasteiger partial charge in [-0.15, -0.1) is 0 Å². The van der Waals surface area contributed by atoms with Crippen LogP contribution in [0.25, 0.3) is 11.3 Å². The molecule has 0 aliphatic carbocycles. The Balaban J connectivity index is 1.76. The standard InChI is InChI=1S/C19H16FNO3/c1-12-6-7-13(19(22)23)10-17(12)21-11-14-8-9-18(24-14)15-4-2-3-5-16(15)20/h2-10,21H,11H2,1H3,(H,22,23). The van der Waals surface area contributed by atoms with Crippen LogP contribution >= 0.6 is 0 Å². The van der Waals surface area contributed by atoms with Gasteiger partial charge in [-0.3, -0.25) is 0 Å². The number of aromatic carboxylic acids is 1. The quantitative estimate of drug-likeness (QED) is 0.713. The Morgan fingerprint density at radius 1 is 1.17 bits per heavy atom. The molecule has 0 spiro atoms. The first kappa shape index (κ1) is 15.8. The van der Waals surface area contributed by atoms with Gasteiger partial charge in [0.25, 0.3) is 0 Å². The number of carbonyl (C=O) groups is 1. The maximum absolute atomic E-state index is 13.8. The van der Waals surface area contributed by atoms with Gasteiger partial charge in [-0.2, -0.15) is 0 Å². The molecule has 0 amide bonds. The molecular weight excluding hydrogens is 309 g/mol. The van der Waals surface area contributed by atoms with Crippen molar-refractivity contribution in [3.8, 4) is 11.3 Å². The molecule has 24 heavy (non-hydrogen) atoms. The minimum absolute atomic E-state index is 0.217. The first-order valence-electron chi connectivity index (χ1n) is 7.46. The average Bonchev–Trinajstić information content (AvgIpc) is 3.03. The molecule has 0 radical (unpaired) electrons. The number of halogens is 1. The normalized spacial score (nSPS) is 10.6. The molecule has 2 N–H and O–H groups in total. The second kappa shape index (κ2) is 6.58. The zero-order chi connectivity index (χ0) is 17.1. The van der Waals surface area contributed by atoms with Gasteiger partial charge in [0.2, 0.25) is 0 Å². The van der Waals surface area contributed by atoms with Crippen LogP contribution < -0.4 is 5.32 Å². The molecule has 0 saturated heterocycles. The number of carboxylic acids is 1. The van der Waals surface area contributed by atoms with E-state index in [-0.39, 0.29) is 11.4 Å². The highest BCUT2D eigenvalue weighted by Gasteiger charge is 2.10. The van der Waals surface area contributed by atoms with E-state index in [1.54, 1.807) is 48.5 Å². The SMILES string of the molecule is Cc1ccc(C(=O)O)cc1NCc1ccc(-c2ccccc2F)o1. The molecule has 2 aromatic carbocycles. The van der Waals surface area contributed by atoms with E-state index >= 15 is 0 Å². The van der Waals surface area contributed by atoms with Gasteiger partial charge in [0, 0.05) is 5.69 Å². The lowest BCUT2D eigenvalue weighted by molar-refractivity contribution is 0.0697. The van der Waals surface area contributed by atoms with E-state index in [0.717, 1.165) is 11.3 Å². The Bertz CT molecular complexity index is 886. The molecule has 1 heterocycles. The van der Waals surface area contributed by atoms with E-state index in [0.29, 0.717) is 23.6 Å². The van der Waals surface area contributed by atoms with Crippen LogP contribution in [0.1, 0.15) is 21.7 Å². The highest BCUT2D eigenvalue weighted by Crippen LogP contribution is 2.25. The van der Waals surface area contributed by atoms with Gasteiger partial charge in [0.1, 0.15) is 17.3 Å². The first-order valence-corrected chi connectivity index (χ1v) is 7.46. The lowest BCUT2D eigenvalue weighted by atomic mass is 10.1. The Morgan fingerprint density at radius 3 is 2.71 bits per heavy atom. The van der Waals surface area contributed by atoms with Crippen molar-refractivity contribution < 1.29 is 18.7 Å². The molecule has 3 rings (SSSR count). The summed E-state index contributed by atoms with van der Waals surface area (Å²) in [4.78, 5) is 11.0. The minimum atomic E-state index is -0.974. The molecule has 0 fully saturated rings. The predicted molar refractivity (Wildman–Crippen MR) is 89.6 cm³/mol. The van der Waals surface area contributed by atoms with E-state index in [1.165, 1.54) is 6.07 Å². The fourth-order valence-electron chi connectivity index (χ4n) is 2.41. The Kier molecular flexibility index (Phi) is 4.33. The maximum atomic E-state index is 13.8. The fraction of sp³-hybridized carbons (Fsp3) is 0.105. The number of rotatable bonds is 5. The van der Waals surface area contributed by atoms with Crippen molar-refractivity contribution >= 4 is 11.7 Å². The number of anilines is 1. The van der Waals surface area contributed by atoms with Crippen molar-refractivity contribution in [2.75, 3.05) is 5.32 Å². The number of carboxylic acid groups (broad SMARTS) is 1. The number of benzene rings is 2. The minimum Gasteiger partial charge on any atom is -0.478 e. The summed E-state index contributed by atoms with van der Waals surface area (Å²) in [6, 6.07) is 14.8. The third-order valence-electron chi connectivity index (χ3n) is 3.74. The summed E-state index contributed by atoms with van der Waals surface area (Å²) in [6.45, 7) is 2.26. The van der Waals surface area contributed by atoms with Gasteiger partial charge in [-0.1, -0.05) is 18.2 Å². The van der Waals surface area contributed by atoms with Crippen molar-refractivity contribution in [3.05, 3.63) is 77.3 Å². The van der Waals surface area contributed by atoms with Crippen LogP contribution in [0.15, 0.2) is 59.0 Å². The van der Waals surface area contributed by atoms with E-state index in [1.807, 2.05) is 6.92 Å². The van der Waals surface area contributed by atoms with Crippen molar-refractivity contribution in [1.29, 1.82) is 0 Å². The average molecular weight is 325 g/mol. The molecular formula is C19H16FNO3. The zero-order valence-corrected chi connectivity index (χ0v) is 13.0. The van der Waals surface area contributed by atoms with Gasteiger partial charge in [-0.25, -0.2) is 9.18 Å². The molecule has 0 bridgehead atoms. The lowest BCUT2D eigenvalue weighted by Gasteiger charge is -2.09. The van der Waals surface area contributed by atoms with E-state index < -0.39 is 5.97 Å². The van der Waals surface area contributed by atoms with Crippen LogP contribution in [-0.2, 0) is 6.54 Å². The number of hydrogen-bond donors (Lipinski definition) is 2. The van der Waals surface area contributed by atoms with Gasteiger partial charge in [0.15, 0.2) is 0 Å². The highest BCUT2D eigenvalue weighted by atomic mass is 19.1. The molecule has 5 heteroatoms. The van der Waals surface area contributed by atoms with Crippen LogP contribution in [-0.4, -0.2) is 11.1 Å². The largest absolute Gasteiger partial charge is 0.478 e. The molecule has 0 atom stereocenters. The molecule has 0 saturated carbocycles. The second-order valence-electron chi connectivity index (χ2n) is 5.43. The monoisotopic (exact) mass is 325 g/mol. The van der Waals surface area contributed by atoms with Crippen LogP contribution in [0.4, 0.5) is 10.1 Å². The van der Waals surface area contributed by atoms with Crippen LogP contribution in [0, 0.1) is 12.7 Å². The summed E-state index contributed by atoms with van der Waals surface area (Å²) in [6.07, 6.45) is 0. The predicted octanol–water partition coefficient (Wildman–Crippen LogP) is 4.70. The molecule has 1 aromatic heterocycles. The smallest absolute Gasteiger partial charge is 0.335 e. The Hall–Kier alpha value is -3.08. The second-order valence-corrected chi connectivity index (χ2v) is 5.43. The fourth-order valence-corrected chi connectivity index (χ4v) is 2.41. The third kappa shape index (κ3) is 3.30. The first-order chi connectivity index (χ1) is 11.5. The number of aryl methyl sites for hydroxylation is 1. The molecule has 0 aliphatic heterocycles. The van der Waals surface area contributed by atoms with Crippen molar-refractivity contribution in [1.82, 2.24) is 0 Å². The van der Waals surface area contributed by atoms with E-state index in [9.17, 15) is 9.18 Å². The van der Waals surface area contributed by atoms with E-state index in [4.69, 9.17) is 9.52 Å². The summed E-state index contributed by atoms with van der Waals surface area (Å²) >= 11 is 0. The topological polar surface area (TPSA) is 62.5 Å². The lowest BCUT2D eigenvalue weighted by Crippen LogP contribution is -2.03. The summed E-state index contributed by atoms with van der Waals surface area (Å²) in [7, 11) is 0. The Labute approximate surface area is 138 Å². The van der Waals surface area contributed by atoms with Crippen LogP contribution in [0.2, 0.25) is 0 Å². The summed E-state index contributed by atoms with van der Waals surface area (Å²) < 4.78 is 19.4. The van der Waals surface area contributed by atoms with Crippen molar-refractivity contribution in [2.45, 2.75) is 13.5 Å². The number of hydrogen-bond acceptors (Lipinski definition) is 3. The van der Waals surface area contributed by atoms with E-state index in [2.05, 4.69) is 5.32 Å². The zero-order valence-electron chi connectivity index (χ0n) is 13.0. The molecule has 122 valence electrons. The van der Waals surface area contributed by atoms with Crippen molar-refractivity contribution in [2.24, 2.45) is 0 Å². The molecule has 0 aliphatic rings. The van der Waals surface area contributed by atoms with Gasteiger partial charge < -0.3 is 14.8 Å². The number of nitrogens with one attached hydrogen (secondary N) is 1. The van der Waals surface area contributed by atoms with Crippen LogP contribution in [0.3, 0.4) is 0 Å². The molecule has 3 aromatic rings. The Morgan fingerprint density at radius 2 is 1.96 bits per heavy atom. The molecule has 4 nitrogen and oxygen atoms in total. The highest BCUT2D eigenvalue weighted by molar-refractivity contribution is 5.89. The van der Waals surface area contributed by atoms with Gasteiger partial charge >= 0.3 is 5.97 Å². The number of furan rings is 1. The van der Waals surface area contributed by atoms with Gasteiger partial charge in [0.05, 0.1) is 17.7 Å².